The monoisotopic (exact) mass is 331 g/mol. The fourth-order valence-corrected chi connectivity index (χ4v) is 4.82. The number of aromatic nitrogens is 1. The second-order valence-corrected chi connectivity index (χ2v) is 7.39. The van der Waals surface area contributed by atoms with Crippen LogP contribution in [0.15, 0.2) is 17.5 Å². The van der Waals surface area contributed by atoms with Crippen LogP contribution in [0.1, 0.15) is 30.3 Å². The number of nitrogens with zero attached hydrogens (tertiary/aromatic N) is 2. The number of piperidine rings is 3. The average molecular weight is 331 g/mol. The Labute approximate surface area is 139 Å². The van der Waals surface area contributed by atoms with Crippen molar-refractivity contribution >= 4 is 27.3 Å². The molecule has 2 atom stereocenters. The molecular weight excluding hydrogens is 310 g/mol. The lowest BCUT2D eigenvalue weighted by Gasteiger charge is -2.49. The summed E-state index contributed by atoms with van der Waals surface area (Å²) in [6.07, 6.45) is 2.35. The highest BCUT2D eigenvalue weighted by molar-refractivity contribution is 7.17. The molecule has 122 valence electrons. The van der Waals surface area contributed by atoms with Gasteiger partial charge in [-0.05, 0) is 56.3 Å². The van der Waals surface area contributed by atoms with Crippen LogP contribution in [0.25, 0.3) is 10.1 Å². The van der Waals surface area contributed by atoms with E-state index in [-0.39, 0.29) is 11.9 Å². The molecular formula is C17H21N3O2S. The van der Waals surface area contributed by atoms with Gasteiger partial charge in [0.25, 0.3) is 5.91 Å². The Morgan fingerprint density at radius 2 is 2.22 bits per heavy atom. The normalized spacial score (nSPS) is 29.7. The van der Waals surface area contributed by atoms with E-state index in [2.05, 4.69) is 22.1 Å². The Balaban J connectivity index is 1.59. The van der Waals surface area contributed by atoms with Crippen molar-refractivity contribution in [2.45, 2.75) is 31.8 Å². The second kappa shape index (κ2) is 5.76. The molecule has 2 aromatic heterocycles. The molecule has 6 heteroatoms. The maximum atomic E-state index is 12.7. The van der Waals surface area contributed by atoms with Gasteiger partial charge in [-0.3, -0.25) is 9.69 Å². The van der Waals surface area contributed by atoms with Gasteiger partial charge in [-0.2, -0.15) is 0 Å². The Kier molecular flexibility index (Phi) is 3.73. The Morgan fingerprint density at radius 1 is 1.43 bits per heavy atom. The molecule has 23 heavy (non-hydrogen) atoms. The van der Waals surface area contributed by atoms with Crippen LogP contribution in [0.4, 0.5) is 0 Å². The third-order valence-electron chi connectivity index (χ3n) is 5.31. The molecule has 1 N–H and O–H groups in total. The molecule has 5 rings (SSSR count). The number of rotatable bonds is 3. The van der Waals surface area contributed by atoms with Gasteiger partial charge < -0.3 is 10.1 Å². The van der Waals surface area contributed by atoms with E-state index in [1.54, 1.807) is 18.4 Å². The molecule has 0 aliphatic carbocycles. The first-order valence-electron chi connectivity index (χ1n) is 8.14. The van der Waals surface area contributed by atoms with Crippen molar-refractivity contribution in [2.75, 3.05) is 20.2 Å². The van der Waals surface area contributed by atoms with Crippen molar-refractivity contribution in [3.63, 3.8) is 0 Å². The topological polar surface area (TPSA) is 54.5 Å². The van der Waals surface area contributed by atoms with Gasteiger partial charge in [0, 0.05) is 17.5 Å². The maximum absolute atomic E-state index is 12.7. The summed E-state index contributed by atoms with van der Waals surface area (Å²) in [7, 11) is 1.60. The molecule has 3 aliphatic heterocycles. The van der Waals surface area contributed by atoms with Crippen molar-refractivity contribution < 1.29 is 9.53 Å². The van der Waals surface area contributed by atoms with E-state index < -0.39 is 0 Å². The van der Waals surface area contributed by atoms with Gasteiger partial charge >= 0.3 is 0 Å². The average Bonchev–Trinajstić information content (AvgIpc) is 3.06. The predicted molar refractivity (Wildman–Crippen MR) is 91.2 cm³/mol. The van der Waals surface area contributed by atoms with Crippen LogP contribution in [0, 0.1) is 5.92 Å². The molecule has 0 aromatic carbocycles. The number of fused-ring (bicyclic) bond motifs is 4. The van der Waals surface area contributed by atoms with Gasteiger partial charge in [-0.1, -0.05) is 0 Å². The van der Waals surface area contributed by atoms with Crippen molar-refractivity contribution in [3.8, 4) is 5.88 Å². The number of hydrogen-bond donors (Lipinski definition) is 1. The van der Waals surface area contributed by atoms with Gasteiger partial charge in [0.05, 0.1) is 11.8 Å². The lowest BCUT2D eigenvalue weighted by atomic mass is 9.79. The largest absolute Gasteiger partial charge is 0.480 e. The third kappa shape index (κ3) is 2.50. The van der Waals surface area contributed by atoms with Gasteiger partial charge in [-0.25, -0.2) is 4.98 Å². The minimum absolute atomic E-state index is 0.0954. The highest BCUT2D eigenvalue weighted by Crippen LogP contribution is 2.33. The Bertz CT molecular complexity index is 735. The molecule has 3 saturated heterocycles. The fraction of sp³-hybridized carbons (Fsp3) is 0.529. The summed E-state index contributed by atoms with van der Waals surface area (Å²) >= 11 is 1.58. The molecule has 0 radical (unpaired) electrons. The van der Waals surface area contributed by atoms with Crippen molar-refractivity contribution in [3.05, 3.63) is 23.2 Å². The lowest BCUT2D eigenvalue weighted by molar-refractivity contribution is 0.0216. The Hall–Kier alpha value is -1.66. The van der Waals surface area contributed by atoms with E-state index in [1.807, 2.05) is 17.5 Å². The van der Waals surface area contributed by atoms with E-state index in [0.717, 1.165) is 23.2 Å². The van der Waals surface area contributed by atoms with Crippen LogP contribution in [0.3, 0.4) is 0 Å². The molecule has 0 saturated carbocycles. The van der Waals surface area contributed by atoms with Crippen LogP contribution >= 0.6 is 11.3 Å². The van der Waals surface area contributed by atoms with Crippen molar-refractivity contribution in [1.82, 2.24) is 15.2 Å². The van der Waals surface area contributed by atoms with E-state index >= 15 is 0 Å². The first-order chi connectivity index (χ1) is 11.2. The van der Waals surface area contributed by atoms with Crippen LogP contribution in [-0.2, 0) is 0 Å². The number of thiophene rings is 1. The summed E-state index contributed by atoms with van der Waals surface area (Å²) in [4.78, 5) is 19.6. The van der Waals surface area contributed by atoms with Gasteiger partial charge in [0.15, 0.2) is 0 Å². The van der Waals surface area contributed by atoms with Crippen LogP contribution in [0.2, 0.25) is 0 Å². The first kappa shape index (κ1) is 14.9. The molecule has 3 fully saturated rings. The first-order valence-corrected chi connectivity index (χ1v) is 9.02. The summed E-state index contributed by atoms with van der Waals surface area (Å²) in [5.74, 6) is 1.03. The number of carbonyl (C=O) groups excluding carboxylic acids is 1. The zero-order chi connectivity index (χ0) is 16.0. The SMILES string of the molecule is COc1nc(C(=O)N[C@@H]2C3CCN(CC3)[C@H]2C)cc2ccsc12. The minimum atomic E-state index is -0.0954. The number of nitrogens with one attached hydrogen (secondary N) is 1. The van der Waals surface area contributed by atoms with Crippen LogP contribution in [-0.4, -0.2) is 48.1 Å². The lowest BCUT2D eigenvalue weighted by Crippen LogP contribution is -2.62. The standard InChI is InChI=1S/C17H21N3O2S/c1-10-14(11-3-6-20(10)7-4-11)19-16(21)13-9-12-5-8-23-15(12)17(18-13)22-2/h5,8-11,14H,3-4,6-7H2,1-2H3,(H,19,21)/t10-,14-/m0/s1. The number of amides is 1. The van der Waals surface area contributed by atoms with Gasteiger partial charge in [0.2, 0.25) is 5.88 Å². The van der Waals surface area contributed by atoms with E-state index in [1.165, 1.54) is 12.8 Å². The highest BCUT2D eigenvalue weighted by Gasteiger charge is 2.40. The summed E-state index contributed by atoms with van der Waals surface area (Å²) in [5.41, 5.74) is 0.441. The molecule has 2 bridgehead atoms. The van der Waals surface area contributed by atoms with Crippen molar-refractivity contribution in [2.24, 2.45) is 5.92 Å². The van der Waals surface area contributed by atoms with E-state index in [0.29, 0.717) is 23.5 Å². The van der Waals surface area contributed by atoms with Gasteiger partial charge in [-0.15, -0.1) is 11.3 Å². The van der Waals surface area contributed by atoms with Gasteiger partial charge in [0.1, 0.15) is 5.69 Å². The maximum Gasteiger partial charge on any atom is 0.270 e. The Morgan fingerprint density at radius 3 is 2.91 bits per heavy atom. The van der Waals surface area contributed by atoms with Crippen molar-refractivity contribution in [1.29, 1.82) is 0 Å². The molecule has 0 spiro atoms. The number of pyridine rings is 1. The van der Waals surface area contributed by atoms with E-state index in [9.17, 15) is 4.79 Å². The second-order valence-electron chi connectivity index (χ2n) is 6.47. The molecule has 5 heterocycles. The number of carbonyl (C=O) groups is 1. The smallest absolute Gasteiger partial charge is 0.270 e. The molecule has 3 aliphatic rings. The fourth-order valence-electron chi connectivity index (χ4n) is 3.97. The molecule has 2 aromatic rings. The number of hydrogen-bond acceptors (Lipinski definition) is 5. The highest BCUT2D eigenvalue weighted by atomic mass is 32.1. The van der Waals surface area contributed by atoms with Crippen LogP contribution < -0.4 is 10.1 Å². The number of ether oxygens (including phenoxy) is 1. The van der Waals surface area contributed by atoms with Crippen LogP contribution in [0.5, 0.6) is 5.88 Å². The quantitative estimate of drug-likeness (QED) is 0.939. The zero-order valence-electron chi connectivity index (χ0n) is 13.4. The zero-order valence-corrected chi connectivity index (χ0v) is 14.2. The molecule has 1 amide bonds. The minimum Gasteiger partial charge on any atom is -0.480 e. The summed E-state index contributed by atoms with van der Waals surface area (Å²) < 4.78 is 6.33. The molecule has 0 unspecified atom stereocenters. The predicted octanol–water partition coefficient (Wildman–Crippen LogP) is 2.52. The summed E-state index contributed by atoms with van der Waals surface area (Å²) in [5, 5.41) is 6.23. The number of methoxy groups -OCH3 is 1. The third-order valence-corrected chi connectivity index (χ3v) is 6.22. The molecule has 5 nitrogen and oxygen atoms in total. The van der Waals surface area contributed by atoms with E-state index in [4.69, 9.17) is 4.74 Å². The summed E-state index contributed by atoms with van der Waals surface area (Å²) in [6, 6.07) is 4.47. The summed E-state index contributed by atoms with van der Waals surface area (Å²) in [6.45, 7) is 4.53.